The van der Waals surface area contributed by atoms with E-state index in [1.54, 1.807) is 28.7 Å². The molecule has 1 aliphatic carbocycles. The summed E-state index contributed by atoms with van der Waals surface area (Å²) < 4.78 is 33.6. The minimum atomic E-state index is -3.56. The monoisotopic (exact) mass is 338 g/mol. The molecule has 2 heterocycles. The highest BCUT2D eigenvalue weighted by Crippen LogP contribution is 2.31. The first-order chi connectivity index (χ1) is 11.1. The maximum Gasteiger partial charge on any atom is 0.260 e. The zero-order chi connectivity index (χ0) is 16.3. The number of nitrogens with zero attached hydrogens (tertiary/aromatic N) is 2. The standard InChI is InChI=1S/C17H26N2O3S/c1-14-7-9-15(10-8-14)19(13-16-5-4-12-22-16)23(20,21)17-6-2-3-11-18-17/h2-3,6,11,14-16H,4-5,7-10,12-13H2,1H3/t14?,15?,16-/m0/s1. The van der Waals surface area contributed by atoms with Gasteiger partial charge in [0.15, 0.2) is 5.03 Å². The van der Waals surface area contributed by atoms with Gasteiger partial charge in [-0.2, -0.15) is 4.31 Å². The topological polar surface area (TPSA) is 59.5 Å². The number of hydrogen-bond donors (Lipinski definition) is 0. The van der Waals surface area contributed by atoms with Crippen LogP contribution in [0.5, 0.6) is 0 Å². The van der Waals surface area contributed by atoms with Crippen LogP contribution in [-0.2, 0) is 14.8 Å². The molecule has 3 rings (SSSR count). The third-order valence-corrected chi connectivity index (χ3v) is 6.85. The van der Waals surface area contributed by atoms with Crippen LogP contribution in [0.4, 0.5) is 0 Å². The average molecular weight is 338 g/mol. The van der Waals surface area contributed by atoms with Crippen LogP contribution in [0.1, 0.15) is 45.4 Å². The van der Waals surface area contributed by atoms with Gasteiger partial charge in [-0.25, -0.2) is 13.4 Å². The maximum atomic E-state index is 13.1. The highest BCUT2D eigenvalue weighted by atomic mass is 32.2. The Morgan fingerprint density at radius 1 is 1.22 bits per heavy atom. The molecule has 1 saturated heterocycles. The van der Waals surface area contributed by atoms with E-state index < -0.39 is 10.0 Å². The van der Waals surface area contributed by atoms with Crippen molar-refractivity contribution in [1.29, 1.82) is 0 Å². The maximum absolute atomic E-state index is 13.1. The second kappa shape index (κ2) is 7.28. The molecule has 1 saturated carbocycles. The van der Waals surface area contributed by atoms with Crippen molar-refractivity contribution in [3.8, 4) is 0 Å². The van der Waals surface area contributed by atoms with Gasteiger partial charge in [0.2, 0.25) is 0 Å². The first kappa shape index (κ1) is 16.9. The van der Waals surface area contributed by atoms with Crippen LogP contribution in [-0.4, -0.2) is 43.0 Å². The van der Waals surface area contributed by atoms with Crippen molar-refractivity contribution in [3.05, 3.63) is 24.4 Å². The lowest BCUT2D eigenvalue weighted by molar-refractivity contribution is 0.0787. The van der Waals surface area contributed by atoms with E-state index in [1.807, 2.05) is 0 Å². The second-order valence-electron chi connectivity index (χ2n) is 6.79. The van der Waals surface area contributed by atoms with E-state index in [-0.39, 0.29) is 17.2 Å². The van der Waals surface area contributed by atoms with Crippen LogP contribution in [0, 0.1) is 5.92 Å². The van der Waals surface area contributed by atoms with Gasteiger partial charge in [-0.15, -0.1) is 0 Å². The van der Waals surface area contributed by atoms with Gasteiger partial charge in [-0.1, -0.05) is 13.0 Å². The van der Waals surface area contributed by atoms with E-state index in [0.717, 1.165) is 45.1 Å². The molecule has 0 bridgehead atoms. The fourth-order valence-corrected chi connectivity index (χ4v) is 5.23. The van der Waals surface area contributed by atoms with E-state index in [9.17, 15) is 8.42 Å². The van der Waals surface area contributed by atoms with Gasteiger partial charge in [0, 0.05) is 25.4 Å². The molecular formula is C17H26N2O3S. The number of hydrogen-bond acceptors (Lipinski definition) is 4. The van der Waals surface area contributed by atoms with E-state index in [0.29, 0.717) is 12.5 Å². The average Bonchev–Trinajstić information content (AvgIpc) is 3.08. The molecule has 128 valence electrons. The van der Waals surface area contributed by atoms with Crippen molar-refractivity contribution in [1.82, 2.24) is 9.29 Å². The predicted molar refractivity (Wildman–Crippen MR) is 88.5 cm³/mol. The van der Waals surface area contributed by atoms with Gasteiger partial charge in [0.1, 0.15) is 0 Å². The van der Waals surface area contributed by atoms with Crippen molar-refractivity contribution in [2.45, 2.75) is 62.6 Å². The van der Waals surface area contributed by atoms with E-state index in [1.165, 1.54) is 0 Å². The summed E-state index contributed by atoms with van der Waals surface area (Å²) in [6.45, 7) is 3.44. The third-order valence-electron chi connectivity index (χ3n) is 5.01. The zero-order valence-corrected chi connectivity index (χ0v) is 14.5. The van der Waals surface area contributed by atoms with E-state index in [4.69, 9.17) is 4.74 Å². The summed E-state index contributed by atoms with van der Waals surface area (Å²) in [5, 5.41) is 0.150. The molecule has 2 aliphatic rings. The highest BCUT2D eigenvalue weighted by Gasteiger charge is 2.36. The van der Waals surface area contributed by atoms with Crippen molar-refractivity contribution in [3.63, 3.8) is 0 Å². The Bertz CT molecular complexity index is 592. The molecule has 0 spiro atoms. The van der Waals surface area contributed by atoms with Gasteiger partial charge < -0.3 is 4.74 Å². The lowest BCUT2D eigenvalue weighted by Gasteiger charge is -2.36. The molecule has 0 unspecified atom stereocenters. The molecule has 2 fully saturated rings. The minimum absolute atomic E-state index is 0.0211. The molecule has 0 radical (unpaired) electrons. The Kier molecular flexibility index (Phi) is 5.34. The van der Waals surface area contributed by atoms with Gasteiger partial charge in [-0.05, 0) is 56.6 Å². The Morgan fingerprint density at radius 2 is 2.00 bits per heavy atom. The summed E-state index contributed by atoms with van der Waals surface area (Å²) in [6.07, 6.45) is 7.56. The van der Waals surface area contributed by atoms with Crippen LogP contribution in [0.2, 0.25) is 0 Å². The Balaban J connectivity index is 1.84. The smallest absolute Gasteiger partial charge is 0.260 e. The number of ether oxygens (including phenoxy) is 1. The third kappa shape index (κ3) is 3.92. The molecule has 5 nitrogen and oxygen atoms in total. The summed E-state index contributed by atoms with van der Waals surface area (Å²) in [5.74, 6) is 0.688. The fourth-order valence-electron chi connectivity index (χ4n) is 3.58. The summed E-state index contributed by atoms with van der Waals surface area (Å²) in [4.78, 5) is 4.09. The molecule has 1 atom stereocenters. The fraction of sp³-hybridized carbons (Fsp3) is 0.706. The summed E-state index contributed by atoms with van der Waals surface area (Å²) in [7, 11) is -3.56. The molecule has 0 N–H and O–H groups in total. The quantitative estimate of drug-likeness (QED) is 0.828. The van der Waals surface area contributed by atoms with Gasteiger partial charge in [0.25, 0.3) is 10.0 Å². The van der Waals surface area contributed by atoms with Crippen molar-refractivity contribution >= 4 is 10.0 Å². The zero-order valence-electron chi connectivity index (χ0n) is 13.7. The van der Waals surface area contributed by atoms with Crippen molar-refractivity contribution in [2.24, 2.45) is 5.92 Å². The summed E-state index contributed by atoms with van der Waals surface area (Å²) >= 11 is 0. The van der Waals surface area contributed by atoms with Crippen LogP contribution < -0.4 is 0 Å². The molecule has 6 heteroatoms. The first-order valence-electron chi connectivity index (χ1n) is 8.62. The molecule has 23 heavy (non-hydrogen) atoms. The molecule has 1 aliphatic heterocycles. The normalized spacial score (nSPS) is 29.0. The van der Waals surface area contributed by atoms with Crippen molar-refractivity contribution in [2.75, 3.05) is 13.2 Å². The molecule has 1 aromatic heterocycles. The summed E-state index contributed by atoms with van der Waals surface area (Å²) in [6, 6.07) is 5.13. The Labute approximate surface area is 139 Å². The lowest BCUT2D eigenvalue weighted by atomic mass is 9.87. The van der Waals surface area contributed by atoms with E-state index >= 15 is 0 Å². The van der Waals surface area contributed by atoms with Crippen LogP contribution >= 0.6 is 0 Å². The first-order valence-corrected chi connectivity index (χ1v) is 10.1. The van der Waals surface area contributed by atoms with Gasteiger partial charge in [0.05, 0.1) is 6.10 Å². The highest BCUT2D eigenvalue weighted by molar-refractivity contribution is 7.89. The molecular weight excluding hydrogens is 312 g/mol. The lowest BCUT2D eigenvalue weighted by Crippen LogP contribution is -2.46. The number of pyridine rings is 1. The predicted octanol–water partition coefficient (Wildman–Crippen LogP) is 2.83. The molecule has 1 aromatic rings. The van der Waals surface area contributed by atoms with Crippen molar-refractivity contribution < 1.29 is 13.2 Å². The van der Waals surface area contributed by atoms with Gasteiger partial charge >= 0.3 is 0 Å². The summed E-state index contributed by atoms with van der Waals surface area (Å²) in [5.41, 5.74) is 0. The Morgan fingerprint density at radius 3 is 2.61 bits per heavy atom. The molecule has 0 amide bonds. The minimum Gasteiger partial charge on any atom is -0.377 e. The Hall–Kier alpha value is -0.980. The van der Waals surface area contributed by atoms with Crippen LogP contribution in [0.25, 0.3) is 0 Å². The number of aromatic nitrogens is 1. The second-order valence-corrected chi connectivity index (χ2v) is 8.63. The largest absolute Gasteiger partial charge is 0.377 e. The number of rotatable bonds is 5. The van der Waals surface area contributed by atoms with E-state index in [2.05, 4.69) is 11.9 Å². The molecule has 0 aromatic carbocycles. The van der Waals surface area contributed by atoms with Crippen LogP contribution in [0.15, 0.2) is 29.4 Å². The number of sulfonamides is 1. The van der Waals surface area contributed by atoms with Gasteiger partial charge in [-0.3, -0.25) is 0 Å². The van der Waals surface area contributed by atoms with Crippen LogP contribution in [0.3, 0.4) is 0 Å². The SMILES string of the molecule is CC1CCC(N(C[C@@H]2CCCO2)S(=O)(=O)c2ccccn2)CC1.